The number of rotatable bonds is 4. The molecule has 1 saturated carbocycles. The molecule has 0 spiro atoms. The lowest BCUT2D eigenvalue weighted by Crippen LogP contribution is -2.24. The maximum atomic E-state index is 12.5. The number of anilines is 1. The Hall–Kier alpha value is -1.72. The topological polar surface area (TPSA) is 49.3 Å². The largest absolute Gasteiger partial charge is 0.481 e. The van der Waals surface area contributed by atoms with Gasteiger partial charge in [-0.1, -0.05) is 6.07 Å². The van der Waals surface area contributed by atoms with Crippen LogP contribution in [0, 0.1) is 5.41 Å². The molecule has 1 aromatic carbocycles. The molecule has 0 saturated heterocycles. The first-order chi connectivity index (χ1) is 8.33. The van der Waals surface area contributed by atoms with E-state index in [1.165, 1.54) is 12.1 Å². The Kier molecular flexibility index (Phi) is 2.96. The molecule has 0 aliphatic heterocycles. The van der Waals surface area contributed by atoms with Crippen LogP contribution in [-0.4, -0.2) is 17.6 Å². The highest BCUT2D eigenvalue weighted by Gasteiger charge is 2.50. The average molecular weight is 259 g/mol. The second kappa shape index (κ2) is 4.19. The molecule has 0 radical (unpaired) electrons. The van der Waals surface area contributed by atoms with Gasteiger partial charge in [-0.25, -0.2) is 0 Å². The van der Waals surface area contributed by atoms with Gasteiger partial charge in [-0.2, -0.15) is 13.2 Å². The standard InChI is InChI=1S/C12H12F3NO2/c13-12(14,15)8-2-1-3-9(6-8)16-7-11(4-5-11)10(17)18/h1-3,6,16H,4-5,7H2,(H,17,18). The van der Waals surface area contributed by atoms with Crippen molar-refractivity contribution in [1.29, 1.82) is 0 Å². The lowest BCUT2D eigenvalue weighted by Gasteiger charge is -2.14. The molecular formula is C12H12F3NO2. The third kappa shape index (κ3) is 2.57. The Labute approximate surface area is 102 Å². The Bertz CT molecular complexity index is 467. The van der Waals surface area contributed by atoms with Crippen molar-refractivity contribution in [3.05, 3.63) is 29.8 Å². The molecule has 0 bridgehead atoms. The van der Waals surface area contributed by atoms with E-state index in [0.29, 0.717) is 12.8 Å². The van der Waals surface area contributed by atoms with E-state index in [1.807, 2.05) is 0 Å². The van der Waals surface area contributed by atoms with Gasteiger partial charge >= 0.3 is 12.1 Å². The predicted octanol–water partition coefficient (Wildman–Crippen LogP) is 2.98. The molecule has 98 valence electrons. The summed E-state index contributed by atoms with van der Waals surface area (Å²) in [5.41, 5.74) is -1.25. The summed E-state index contributed by atoms with van der Waals surface area (Å²) < 4.78 is 37.4. The van der Waals surface area contributed by atoms with Gasteiger partial charge in [0.1, 0.15) is 0 Å². The lowest BCUT2D eigenvalue weighted by atomic mass is 10.1. The highest BCUT2D eigenvalue weighted by Crippen LogP contribution is 2.45. The molecule has 0 aromatic heterocycles. The summed E-state index contributed by atoms with van der Waals surface area (Å²) in [5, 5.41) is 11.7. The molecule has 18 heavy (non-hydrogen) atoms. The molecule has 1 aliphatic carbocycles. The number of carbonyl (C=O) groups is 1. The molecule has 2 rings (SSSR count). The maximum absolute atomic E-state index is 12.5. The molecule has 0 amide bonds. The Morgan fingerprint density at radius 1 is 1.39 bits per heavy atom. The first-order valence-corrected chi connectivity index (χ1v) is 5.48. The molecule has 0 unspecified atom stereocenters. The summed E-state index contributed by atoms with van der Waals surface area (Å²) in [5.74, 6) is -0.901. The molecule has 3 nitrogen and oxygen atoms in total. The van der Waals surface area contributed by atoms with E-state index in [4.69, 9.17) is 5.11 Å². The van der Waals surface area contributed by atoms with Gasteiger partial charge in [0.15, 0.2) is 0 Å². The zero-order valence-electron chi connectivity index (χ0n) is 9.42. The van der Waals surface area contributed by atoms with Crippen molar-refractivity contribution in [2.24, 2.45) is 5.41 Å². The number of nitrogens with one attached hydrogen (secondary N) is 1. The Balaban J connectivity index is 2.05. The quantitative estimate of drug-likeness (QED) is 0.873. The fourth-order valence-corrected chi connectivity index (χ4v) is 1.69. The van der Waals surface area contributed by atoms with Gasteiger partial charge in [0, 0.05) is 12.2 Å². The third-order valence-corrected chi connectivity index (χ3v) is 3.13. The summed E-state index contributed by atoms with van der Waals surface area (Å²) in [6.07, 6.45) is -3.26. The van der Waals surface area contributed by atoms with Crippen LogP contribution in [0.15, 0.2) is 24.3 Å². The van der Waals surface area contributed by atoms with E-state index in [-0.39, 0.29) is 12.2 Å². The van der Waals surface area contributed by atoms with Crippen LogP contribution in [0.2, 0.25) is 0 Å². The van der Waals surface area contributed by atoms with E-state index in [1.54, 1.807) is 0 Å². The maximum Gasteiger partial charge on any atom is 0.416 e. The predicted molar refractivity (Wildman–Crippen MR) is 59.2 cm³/mol. The Morgan fingerprint density at radius 2 is 2.06 bits per heavy atom. The summed E-state index contributed by atoms with van der Waals surface area (Å²) in [7, 11) is 0. The van der Waals surface area contributed by atoms with Gasteiger partial charge in [0.2, 0.25) is 0 Å². The average Bonchev–Trinajstić information content (AvgIpc) is 3.07. The van der Waals surface area contributed by atoms with Gasteiger partial charge in [0.05, 0.1) is 11.0 Å². The van der Waals surface area contributed by atoms with Crippen LogP contribution in [0.3, 0.4) is 0 Å². The van der Waals surface area contributed by atoms with Crippen molar-refractivity contribution in [3.63, 3.8) is 0 Å². The number of hydrogen-bond acceptors (Lipinski definition) is 2. The molecular weight excluding hydrogens is 247 g/mol. The van der Waals surface area contributed by atoms with Gasteiger partial charge in [0.25, 0.3) is 0 Å². The SMILES string of the molecule is O=C(O)C1(CNc2cccc(C(F)(F)F)c2)CC1. The molecule has 6 heteroatoms. The van der Waals surface area contributed by atoms with Crippen molar-refractivity contribution >= 4 is 11.7 Å². The van der Waals surface area contributed by atoms with E-state index < -0.39 is 23.1 Å². The minimum Gasteiger partial charge on any atom is -0.481 e. The second-order valence-electron chi connectivity index (χ2n) is 4.52. The molecule has 2 N–H and O–H groups in total. The van der Waals surface area contributed by atoms with Crippen LogP contribution in [0.5, 0.6) is 0 Å². The fourth-order valence-electron chi connectivity index (χ4n) is 1.69. The molecule has 1 aliphatic rings. The van der Waals surface area contributed by atoms with Crippen LogP contribution in [-0.2, 0) is 11.0 Å². The number of carboxylic acid groups (broad SMARTS) is 1. The normalized spacial score (nSPS) is 17.3. The van der Waals surface area contributed by atoms with Gasteiger partial charge in [-0.05, 0) is 31.0 Å². The lowest BCUT2D eigenvalue weighted by molar-refractivity contribution is -0.142. The molecule has 0 atom stereocenters. The minimum atomic E-state index is -4.39. The number of aliphatic carboxylic acids is 1. The van der Waals surface area contributed by atoms with Gasteiger partial charge in [-0.3, -0.25) is 4.79 Å². The van der Waals surface area contributed by atoms with E-state index in [0.717, 1.165) is 12.1 Å². The van der Waals surface area contributed by atoms with Crippen LogP contribution >= 0.6 is 0 Å². The fraction of sp³-hybridized carbons (Fsp3) is 0.417. The second-order valence-corrected chi connectivity index (χ2v) is 4.52. The summed E-state index contributed by atoms with van der Waals surface area (Å²) in [6, 6.07) is 4.76. The number of benzene rings is 1. The first kappa shape index (κ1) is 12.7. The molecule has 0 heterocycles. The van der Waals surface area contributed by atoms with Crippen LogP contribution in [0.25, 0.3) is 0 Å². The number of halogens is 3. The van der Waals surface area contributed by atoms with Crippen LogP contribution < -0.4 is 5.32 Å². The zero-order valence-corrected chi connectivity index (χ0v) is 9.42. The van der Waals surface area contributed by atoms with Crippen molar-refractivity contribution in [2.45, 2.75) is 19.0 Å². The summed E-state index contributed by atoms with van der Waals surface area (Å²) >= 11 is 0. The van der Waals surface area contributed by atoms with Crippen molar-refractivity contribution in [2.75, 3.05) is 11.9 Å². The smallest absolute Gasteiger partial charge is 0.416 e. The Morgan fingerprint density at radius 3 is 2.56 bits per heavy atom. The van der Waals surface area contributed by atoms with Crippen molar-refractivity contribution in [3.8, 4) is 0 Å². The van der Waals surface area contributed by atoms with Crippen LogP contribution in [0.1, 0.15) is 18.4 Å². The summed E-state index contributed by atoms with van der Waals surface area (Å²) in [4.78, 5) is 10.9. The van der Waals surface area contributed by atoms with Crippen molar-refractivity contribution < 1.29 is 23.1 Å². The number of hydrogen-bond donors (Lipinski definition) is 2. The molecule has 1 fully saturated rings. The van der Waals surface area contributed by atoms with Gasteiger partial charge in [-0.15, -0.1) is 0 Å². The monoisotopic (exact) mass is 259 g/mol. The van der Waals surface area contributed by atoms with E-state index in [2.05, 4.69) is 5.32 Å². The van der Waals surface area contributed by atoms with E-state index >= 15 is 0 Å². The van der Waals surface area contributed by atoms with Crippen LogP contribution in [0.4, 0.5) is 18.9 Å². The van der Waals surface area contributed by atoms with Crippen molar-refractivity contribution in [1.82, 2.24) is 0 Å². The highest BCUT2D eigenvalue weighted by molar-refractivity contribution is 5.78. The zero-order chi connectivity index (χ0) is 13.4. The minimum absolute atomic E-state index is 0.156. The third-order valence-electron chi connectivity index (χ3n) is 3.13. The summed E-state index contributed by atoms with van der Waals surface area (Å²) in [6.45, 7) is 0.156. The van der Waals surface area contributed by atoms with E-state index in [9.17, 15) is 18.0 Å². The number of alkyl halides is 3. The number of carboxylic acids is 1. The highest BCUT2D eigenvalue weighted by atomic mass is 19.4. The molecule has 1 aromatic rings. The van der Waals surface area contributed by atoms with Gasteiger partial charge < -0.3 is 10.4 Å². The first-order valence-electron chi connectivity index (χ1n) is 5.48.